The summed E-state index contributed by atoms with van der Waals surface area (Å²) in [6, 6.07) is 0.312. The van der Waals surface area contributed by atoms with Crippen LogP contribution < -0.4 is 10.9 Å². The fraction of sp³-hybridized carbons (Fsp3) is 0.562. The number of halogens is 1. The topological polar surface area (TPSA) is 83.0 Å². The van der Waals surface area contributed by atoms with Crippen molar-refractivity contribution in [3.63, 3.8) is 0 Å². The number of hydrogen-bond donors (Lipinski definition) is 2. The third-order valence-corrected chi connectivity index (χ3v) is 4.63. The summed E-state index contributed by atoms with van der Waals surface area (Å²) in [5.41, 5.74) is 3.01. The summed E-state index contributed by atoms with van der Waals surface area (Å²) in [7, 11) is 1.77. The maximum Gasteiger partial charge on any atom is 0.273 e. The summed E-state index contributed by atoms with van der Waals surface area (Å²) in [6.07, 6.45) is 0.293. The van der Waals surface area contributed by atoms with E-state index in [1.165, 1.54) is 0 Å². The van der Waals surface area contributed by atoms with Crippen LogP contribution in [0.2, 0.25) is 0 Å². The van der Waals surface area contributed by atoms with Crippen molar-refractivity contribution in [3.05, 3.63) is 27.2 Å². The lowest BCUT2D eigenvalue weighted by molar-refractivity contribution is -0.131. The van der Waals surface area contributed by atoms with Gasteiger partial charge in [-0.15, -0.1) is 12.4 Å². The Kier molecular flexibility index (Phi) is 5.35. The highest BCUT2D eigenvalue weighted by Gasteiger charge is 2.23. The van der Waals surface area contributed by atoms with Crippen molar-refractivity contribution < 1.29 is 4.79 Å². The van der Waals surface area contributed by atoms with Gasteiger partial charge in [0.2, 0.25) is 5.91 Å². The van der Waals surface area contributed by atoms with Crippen LogP contribution in [0.5, 0.6) is 0 Å². The summed E-state index contributed by atoms with van der Waals surface area (Å²) in [5.74, 6) is 0.0954. The molecule has 0 aliphatic carbocycles. The molecule has 2 aromatic heterocycles. The van der Waals surface area contributed by atoms with Gasteiger partial charge >= 0.3 is 0 Å². The summed E-state index contributed by atoms with van der Waals surface area (Å²) in [5, 5.41) is 6.64. The Morgan fingerprint density at radius 1 is 1.38 bits per heavy atom. The van der Waals surface area contributed by atoms with Crippen LogP contribution in [0, 0.1) is 13.8 Å². The van der Waals surface area contributed by atoms with Crippen LogP contribution in [0.15, 0.2) is 4.79 Å². The van der Waals surface area contributed by atoms with Gasteiger partial charge in [0.05, 0.1) is 11.8 Å². The van der Waals surface area contributed by atoms with Gasteiger partial charge in [-0.3, -0.25) is 19.4 Å². The molecule has 7 nitrogen and oxygen atoms in total. The Hall–Kier alpha value is -1.86. The molecular formula is C16H24ClN5O2. The number of H-pyrrole nitrogens is 1. The number of rotatable bonds is 2. The van der Waals surface area contributed by atoms with Crippen LogP contribution >= 0.6 is 12.4 Å². The third-order valence-electron chi connectivity index (χ3n) is 4.63. The molecule has 0 spiro atoms. The number of aromatic amines is 1. The number of pyridine rings is 1. The summed E-state index contributed by atoms with van der Waals surface area (Å²) in [6.45, 7) is 8.14. The molecule has 3 rings (SSSR count). The smallest absolute Gasteiger partial charge is 0.273 e. The van der Waals surface area contributed by atoms with Gasteiger partial charge in [-0.05, 0) is 31.9 Å². The maximum atomic E-state index is 12.6. The largest absolute Gasteiger partial charge is 0.340 e. The normalized spacial score (nSPS) is 17.8. The average Bonchev–Trinajstić information content (AvgIpc) is 2.77. The molecule has 0 bridgehead atoms. The molecule has 1 aliphatic rings. The highest BCUT2D eigenvalue weighted by Crippen LogP contribution is 2.21. The Labute approximate surface area is 146 Å². The summed E-state index contributed by atoms with van der Waals surface area (Å²) < 4.78 is 1.63. The second-order valence-electron chi connectivity index (χ2n) is 6.37. The van der Waals surface area contributed by atoms with Crippen molar-refractivity contribution in [1.82, 2.24) is 25.0 Å². The van der Waals surface area contributed by atoms with Crippen molar-refractivity contribution in [3.8, 4) is 0 Å². The van der Waals surface area contributed by atoms with Crippen LogP contribution in [-0.4, -0.2) is 51.2 Å². The van der Waals surface area contributed by atoms with E-state index in [-0.39, 0.29) is 23.9 Å². The van der Waals surface area contributed by atoms with Crippen LogP contribution in [0.25, 0.3) is 11.0 Å². The fourth-order valence-electron chi connectivity index (χ4n) is 3.33. The van der Waals surface area contributed by atoms with E-state index in [1.54, 1.807) is 11.7 Å². The van der Waals surface area contributed by atoms with Crippen molar-refractivity contribution in [1.29, 1.82) is 0 Å². The Morgan fingerprint density at radius 2 is 2.08 bits per heavy atom. The Bertz CT molecular complexity index is 826. The predicted molar refractivity (Wildman–Crippen MR) is 95.8 cm³/mol. The standard InChI is InChI=1S/C16H23N5O2.ClH/c1-9-8-21(6-5-17-9)13(22)7-12-10(2)14-15(18-11(12)3)20(4)19-16(14)23;/h9,17H,5-8H2,1-4H3,(H,19,23);1H. The second kappa shape index (κ2) is 6.94. The average molecular weight is 354 g/mol. The zero-order valence-corrected chi connectivity index (χ0v) is 15.3. The molecule has 24 heavy (non-hydrogen) atoms. The molecule has 3 heterocycles. The first kappa shape index (κ1) is 18.5. The molecule has 1 fully saturated rings. The number of nitrogens with one attached hydrogen (secondary N) is 2. The number of piperazine rings is 1. The fourth-order valence-corrected chi connectivity index (χ4v) is 3.33. The van der Waals surface area contributed by atoms with E-state index >= 15 is 0 Å². The minimum absolute atomic E-state index is 0. The molecular weight excluding hydrogens is 330 g/mol. The van der Waals surface area contributed by atoms with Gasteiger partial charge in [0.1, 0.15) is 0 Å². The van der Waals surface area contributed by atoms with Crippen LogP contribution in [0.1, 0.15) is 23.7 Å². The van der Waals surface area contributed by atoms with E-state index in [0.717, 1.165) is 36.5 Å². The van der Waals surface area contributed by atoms with E-state index in [9.17, 15) is 9.59 Å². The van der Waals surface area contributed by atoms with E-state index in [4.69, 9.17) is 0 Å². The zero-order chi connectivity index (χ0) is 16.7. The van der Waals surface area contributed by atoms with Gasteiger partial charge < -0.3 is 10.2 Å². The molecule has 1 atom stereocenters. The third kappa shape index (κ3) is 3.18. The van der Waals surface area contributed by atoms with Gasteiger partial charge in [0, 0.05) is 38.4 Å². The SMILES string of the molecule is Cc1nc2c(c(C)c1CC(=O)N1CCNC(C)C1)c(=O)[nH]n2C.Cl. The minimum Gasteiger partial charge on any atom is -0.340 e. The molecule has 8 heteroatoms. The number of nitrogens with zero attached hydrogens (tertiary/aromatic N) is 3. The zero-order valence-electron chi connectivity index (χ0n) is 14.5. The Balaban J connectivity index is 0.00000208. The molecule has 132 valence electrons. The number of amides is 1. The molecule has 0 saturated carbocycles. The maximum absolute atomic E-state index is 12.6. The molecule has 1 amide bonds. The van der Waals surface area contributed by atoms with E-state index in [0.29, 0.717) is 23.5 Å². The first-order valence-corrected chi connectivity index (χ1v) is 7.94. The number of carbonyl (C=O) groups is 1. The summed E-state index contributed by atoms with van der Waals surface area (Å²) >= 11 is 0. The van der Waals surface area contributed by atoms with Crippen LogP contribution in [0.4, 0.5) is 0 Å². The molecule has 2 N–H and O–H groups in total. The number of fused-ring (bicyclic) bond motifs is 1. The van der Waals surface area contributed by atoms with Crippen molar-refractivity contribution in [2.45, 2.75) is 33.2 Å². The van der Waals surface area contributed by atoms with Gasteiger partial charge in [0.25, 0.3) is 5.56 Å². The van der Waals surface area contributed by atoms with E-state index in [1.807, 2.05) is 18.7 Å². The number of aromatic nitrogens is 3. The number of hydrogen-bond acceptors (Lipinski definition) is 4. The highest BCUT2D eigenvalue weighted by atomic mass is 35.5. The predicted octanol–water partition coefficient (Wildman–Crippen LogP) is 0.663. The number of carbonyl (C=O) groups excluding carboxylic acids is 1. The van der Waals surface area contributed by atoms with Crippen molar-refractivity contribution in [2.24, 2.45) is 7.05 Å². The van der Waals surface area contributed by atoms with Crippen LogP contribution in [0.3, 0.4) is 0 Å². The highest BCUT2D eigenvalue weighted by molar-refractivity contribution is 5.85. The molecule has 0 radical (unpaired) electrons. The lowest BCUT2D eigenvalue weighted by atomic mass is 10.0. The van der Waals surface area contributed by atoms with Gasteiger partial charge in [0.15, 0.2) is 5.65 Å². The van der Waals surface area contributed by atoms with Crippen LogP contribution in [-0.2, 0) is 18.3 Å². The lowest BCUT2D eigenvalue weighted by Crippen LogP contribution is -2.51. The quantitative estimate of drug-likeness (QED) is 0.831. The summed E-state index contributed by atoms with van der Waals surface area (Å²) in [4.78, 5) is 31.1. The second-order valence-corrected chi connectivity index (χ2v) is 6.37. The molecule has 1 saturated heterocycles. The Morgan fingerprint density at radius 3 is 2.75 bits per heavy atom. The van der Waals surface area contributed by atoms with Gasteiger partial charge in [-0.25, -0.2) is 4.98 Å². The number of aryl methyl sites for hydroxylation is 3. The minimum atomic E-state index is -0.156. The van der Waals surface area contributed by atoms with Crippen molar-refractivity contribution >= 4 is 29.3 Å². The molecule has 1 unspecified atom stereocenters. The molecule has 2 aromatic rings. The van der Waals surface area contributed by atoms with Gasteiger partial charge in [-0.2, -0.15) is 0 Å². The first-order chi connectivity index (χ1) is 10.9. The van der Waals surface area contributed by atoms with Crippen molar-refractivity contribution in [2.75, 3.05) is 19.6 Å². The van der Waals surface area contributed by atoms with E-state index < -0.39 is 0 Å². The monoisotopic (exact) mass is 353 g/mol. The lowest BCUT2D eigenvalue weighted by Gasteiger charge is -2.32. The van der Waals surface area contributed by atoms with Gasteiger partial charge in [-0.1, -0.05) is 0 Å². The molecule has 0 aromatic carbocycles. The first-order valence-electron chi connectivity index (χ1n) is 7.94. The van der Waals surface area contributed by atoms with E-state index in [2.05, 4.69) is 22.3 Å². The molecule has 1 aliphatic heterocycles.